The molecular weight excluding hydrogens is 262 g/mol. The highest BCUT2D eigenvalue weighted by molar-refractivity contribution is 5.62. The van der Waals surface area contributed by atoms with E-state index in [4.69, 9.17) is 10.00 Å². The number of hydrogen-bond donors (Lipinski definition) is 2. The molecule has 1 aliphatic rings. The lowest BCUT2D eigenvalue weighted by molar-refractivity contribution is 0.368. The van der Waals surface area contributed by atoms with Crippen LogP contribution >= 0.6 is 0 Å². The molecule has 21 heavy (non-hydrogen) atoms. The molecule has 0 saturated heterocycles. The monoisotopic (exact) mass is 279 g/mol. The Morgan fingerprint density at radius 1 is 1.19 bits per heavy atom. The standard InChI is InChI=1S/C17H17N3O/c18-9-11-21-16-6-4-15(5-7-16)20-12-14-3-1-2-13-8-10-19-17(13)14/h1-7,19-20H,8,10-12H2. The van der Waals surface area contributed by atoms with Gasteiger partial charge in [0.15, 0.2) is 6.61 Å². The second kappa shape index (κ2) is 6.19. The topological polar surface area (TPSA) is 57.1 Å². The highest BCUT2D eigenvalue weighted by Crippen LogP contribution is 2.27. The third-order valence-electron chi connectivity index (χ3n) is 3.57. The molecule has 0 amide bonds. The summed E-state index contributed by atoms with van der Waals surface area (Å²) in [6.07, 6.45) is 1.11. The largest absolute Gasteiger partial charge is 0.479 e. The first-order valence-corrected chi connectivity index (χ1v) is 7.05. The molecule has 0 aliphatic carbocycles. The fourth-order valence-electron chi connectivity index (χ4n) is 2.54. The van der Waals surface area contributed by atoms with Crippen LogP contribution in [0.15, 0.2) is 42.5 Å². The first-order chi connectivity index (χ1) is 10.4. The average molecular weight is 279 g/mol. The van der Waals surface area contributed by atoms with Crippen LogP contribution in [0.5, 0.6) is 5.75 Å². The molecule has 2 aromatic rings. The maximum atomic E-state index is 8.48. The van der Waals surface area contributed by atoms with Gasteiger partial charge in [-0.05, 0) is 41.8 Å². The lowest BCUT2D eigenvalue weighted by Gasteiger charge is -2.11. The number of nitrogens with one attached hydrogen (secondary N) is 2. The van der Waals surface area contributed by atoms with Crippen LogP contribution in [0.3, 0.4) is 0 Å². The Bertz CT molecular complexity index is 659. The molecule has 3 rings (SSSR count). The number of hydrogen-bond acceptors (Lipinski definition) is 4. The van der Waals surface area contributed by atoms with E-state index in [0.29, 0.717) is 5.75 Å². The van der Waals surface area contributed by atoms with E-state index in [1.165, 1.54) is 16.8 Å². The molecule has 0 unspecified atom stereocenters. The van der Waals surface area contributed by atoms with Crippen LogP contribution < -0.4 is 15.4 Å². The van der Waals surface area contributed by atoms with Crippen LogP contribution in [0.4, 0.5) is 11.4 Å². The first kappa shape index (κ1) is 13.3. The minimum Gasteiger partial charge on any atom is -0.479 e. The zero-order chi connectivity index (χ0) is 14.5. The molecule has 2 N–H and O–H groups in total. The fourth-order valence-corrected chi connectivity index (χ4v) is 2.54. The number of ether oxygens (including phenoxy) is 1. The van der Waals surface area contributed by atoms with Gasteiger partial charge < -0.3 is 15.4 Å². The molecule has 0 bridgehead atoms. The molecule has 0 radical (unpaired) electrons. The van der Waals surface area contributed by atoms with Crippen molar-refractivity contribution in [1.29, 1.82) is 5.26 Å². The van der Waals surface area contributed by atoms with Gasteiger partial charge in [0.05, 0.1) is 0 Å². The Kier molecular flexibility index (Phi) is 3.92. The predicted octanol–water partition coefficient (Wildman–Crippen LogP) is 3.17. The Labute approximate surface area is 124 Å². The molecule has 106 valence electrons. The molecule has 0 spiro atoms. The second-order valence-electron chi connectivity index (χ2n) is 4.95. The molecule has 1 aliphatic heterocycles. The normalized spacial score (nSPS) is 12.1. The highest BCUT2D eigenvalue weighted by Gasteiger charge is 2.12. The van der Waals surface area contributed by atoms with Gasteiger partial charge in [-0.3, -0.25) is 0 Å². The van der Waals surface area contributed by atoms with Gasteiger partial charge in [0, 0.05) is 24.5 Å². The average Bonchev–Trinajstić information content (AvgIpc) is 3.01. The minimum atomic E-state index is 0.0780. The van der Waals surface area contributed by atoms with E-state index in [-0.39, 0.29) is 6.61 Å². The van der Waals surface area contributed by atoms with Crippen molar-refractivity contribution in [3.05, 3.63) is 53.6 Å². The second-order valence-corrected chi connectivity index (χ2v) is 4.95. The van der Waals surface area contributed by atoms with Crippen LogP contribution in [-0.2, 0) is 13.0 Å². The van der Waals surface area contributed by atoms with Gasteiger partial charge in [-0.2, -0.15) is 5.26 Å². The van der Waals surface area contributed by atoms with Crippen LogP contribution in [0.1, 0.15) is 11.1 Å². The van der Waals surface area contributed by atoms with Crippen molar-refractivity contribution in [3.63, 3.8) is 0 Å². The van der Waals surface area contributed by atoms with E-state index >= 15 is 0 Å². The summed E-state index contributed by atoms with van der Waals surface area (Å²) in [5.74, 6) is 0.712. The molecule has 2 aromatic carbocycles. The van der Waals surface area contributed by atoms with Crippen molar-refractivity contribution in [2.75, 3.05) is 23.8 Å². The lowest BCUT2D eigenvalue weighted by Crippen LogP contribution is -2.03. The number of para-hydroxylation sites is 1. The van der Waals surface area contributed by atoms with Crippen molar-refractivity contribution in [2.24, 2.45) is 0 Å². The Morgan fingerprint density at radius 3 is 2.86 bits per heavy atom. The number of benzene rings is 2. The maximum absolute atomic E-state index is 8.48. The summed E-state index contributed by atoms with van der Waals surface area (Å²) in [5.41, 5.74) is 5.00. The van der Waals surface area contributed by atoms with Gasteiger partial charge in [-0.25, -0.2) is 0 Å². The summed E-state index contributed by atoms with van der Waals surface area (Å²) in [5, 5.41) is 15.3. The third kappa shape index (κ3) is 3.09. The lowest BCUT2D eigenvalue weighted by atomic mass is 10.1. The summed E-state index contributed by atoms with van der Waals surface area (Å²) in [6.45, 7) is 1.89. The van der Waals surface area contributed by atoms with Crippen LogP contribution in [-0.4, -0.2) is 13.2 Å². The Balaban J connectivity index is 1.63. The van der Waals surface area contributed by atoms with Crippen molar-refractivity contribution in [1.82, 2.24) is 0 Å². The van der Waals surface area contributed by atoms with E-state index in [1.807, 2.05) is 30.3 Å². The Hall–Kier alpha value is -2.67. The van der Waals surface area contributed by atoms with Gasteiger partial charge in [0.25, 0.3) is 0 Å². The summed E-state index contributed by atoms with van der Waals surface area (Å²) >= 11 is 0. The summed E-state index contributed by atoms with van der Waals surface area (Å²) in [7, 11) is 0. The van der Waals surface area contributed by atoms with Crippen LogP contribution in [0.25, 0.3) is 0 Å². The smallest absolute Gasteiger partial charge is 0.174 e. The fraction of sp³-hybridized carbons (Fsp3) is 0.235. The zero-order valence-corrected chi connectivity index (χ0v) is 11.7. The molecule has 1 heterocycles. The third-order valence-corrected chi connectivity index (χ3v) is 3.57. The highest BCUT2D eigenvalue weighted by atomic mass is 16.5. The molecule has 0 saturated carbocycles. The minimum absolute atomic E-state index is 0.0780. The molecule has 0 fully saturated rings. The molecular formula is C17H17N3O. The van der Waals surface area contributed by atoms with E-state index in [0.717, 1.165) is 25.2 Å². The van der Waals surface area contributed by atoms with Crippen LogP contribution in [0.2, 0.25) is 0 Å². The first-order valence-electron chi connectivity index (χ1n) is 7.05. The van der Waals surface area contributed by atoms with Crippen molar-refractivity contribution in [3.8, 4) is 11.8 Å². The molecule has 4 heteroatoms. The van der Waals surface area contributed by atoms with E-state index in [1.54, 1.807) is 0 Å². The van der Waals surface area contributed by atoms with Gasteiger partial charge in [-0.1, -0.05) is 18.2 Å². The van der Waals surface area contributed by atoms with Crippen molar-refractivity contribution in [2.45, 2.75) is 13.0 Å². The zero-order valence-electron chi connectivity index (χ0n) is 11.7. The Morgan fingerprint density at radius 2 is 2.05 bits per heavy atom. The summed E-state index contributed by atoms with van der Waals surface area (Å²) in [4.78, 5) is 0. The predicted molar refractivity (Wildman–Crippen MR) is 83.5 cm³/mol. The number of fused-ring (bicyclic) bond motifs is 1. The van der Waals surface area contributed by atoms with Gasteiger partial charge >= 0.3 is 0 Å². The quantitative estimate of drug-likeness (QED) is 0.882. The number of anilines is 2. The van der Waals surface area contributed by atoms with E-state index in [2.05, 4.69) is 28.8 Å². The SMILES string of the molecule is N#CCOc1ccc(NCc2cccc3c2NCC3)cc1. The van der Waals surface area contributed by atoms with Gasteiger partial charge in [-0.15, -0.1) is 0 Å². The van der Waals surface area contributed by atoms with Crippen molar-refractivity contribution < 1.29 is 4.74 Å². The molecule has 0 aromatic heterocycles. The summed E-state index contributed by atoms with van der Waals surface area (Å²) in [6, 6.07) is 16.1. The molecule has 4 nitrogen and oxygen atoms in total. The number of rotatable bonds is 5. The summed E-state index contributed by atoms with van der Waals surface area (Å²) < 4.78 is 5.23. The van der Waals surface area contributed by atoms with Gasteiger partial charge in [0.2, 0.25) is 0 Å². The number of nitriles is 1. The molecule has 0 atom stereocenters. The van der Waals surface area contributed by atoms with Crippen LogP contribution in [0, 0.1) is 11.3 Å². The maximum Gasteiger partial charge on any atom is 0.174 e. The van der Waals surface area contributed by atoms with Gasteiger partial charge in [0.1, 0.15) is 11.8 Å². The van der Waals surface area contributed by atoms with E-state index in [9.17, 15) is 0 Å². The van der Waals surface area contributed by atoms with E-state index < -0.39 is 0 Å². The number of nitrogens with zero attached hydrogens (tertiary/aromatic N) is 1. The van der Waals surface area contributed by atoms with Crippen molar-refractivity contribution >= 4 is 11.4 Å².